The van der Waals surface area contributed by atoms with Crippen molar-refractivity contribution in [3.8, 4) is 11.5 Å². The minimum absolute atomic E-state index is 0.0382. The molecule has 0 spiro atoms. The Hall–Kier alpha value is -1.27. The summed E-state index contributed by atoms with van der Waals surface area (Å²) in [5.74, 6) is 1.13. The Morgan fingerprint density at radius 1 is 0.870 bits per heavy atom. The topological polar surface area (TPSA) is 64.6 Å². The molecule has 1 aliphatic heterocycles. The van der Waals surface area contributed by atoms with Gasteiger partial charge in [-0.05, 0) is 25.0 Å². The van der Waals surface area contributed by atoms with E-state index in [0.29, 0.717) is 24.7 Å². The van der Waals surface area contributed by atoms with Crippen LogP contribution >= 0.6 is 0 Å². The summed E-state index contributed by atoms with van der Waals surface area (Å²) in [7, 11) is -3.52. The van der Waals surface area contributed by atoms with Crippen molar-refractivity contribution >= 4 is 10.0 Å². The number of rotatable bonds is 3. The molecule has 0 bridgehead atoms. The normalized spacial score (nSPS) is 20.3. The highest BCUT2D eigenvalue weighted by molar-refractivity contribution is 7.89. The first-order valence-electron chi connectivity index (χ1n) is 8.57. The molecule has 1 aliphatic carbocycles. The number of benzene rings is 1. The summed E-state index contributed by atoms with van der Waals surface area (Å²) in [5.41, 5.74) is 0. The van der Waals surface area contributed by atoms with Crippen LogP contribution in [0.5, 0.6) is 11.5 Å². The highest BCUT2D eigenvalue weighted by Gasteiger charge is 2.22. The van der Waals surface area contributed by atoms with E-state index < -0.39 is 10.0 Å². The largest absolute Gasteiger partial charge is 0.490 e. The Labute approximate surface area is 138 Å². The molecule has 1 N–H and O–H groups in total. The quantitative estimate of drug-likeness (QED) is 0.918. The van der Waals surface area contributed by atoms with E-state index in [9.17, 15) is 8.42 Å². The highest BCUT2D eigenvalue weighted by Crippen LogP contribution is 2.32. The second-order valence-electron chi connectivity index (χ2n) is 6.32. The van der Waals surface area contributed by atoms with Crippen molar-refractivity contribution in [2.45, 2.75) is 62.3 Å². The lowest BCUT2D eigenvalue weighted by Crippen LogP contribution is -2.35. The van der Waals surface area contributed by atoms with E-state index >= 15 is 0 Å². The van der Waals surface area contributed by atoms with Crippen LogP contribution in [0, 0.1) is 0 Å². The average molecular weight is 339 g/mol. The Morgan fingerprint density at radius 2 is 1.52 bits per heavy atom. The van der Waals surface area contributed by atoms with Gasteiger partial charge in [0.15, 0.2) is 11.5 Å². The number of hydrogen-bond donors (Lipinski definition) is 1. The standard InChI is InChI=1S/C17H25NO4S/c19-23(20,18-14-7-4-2-1-3-5-8-14)15-9-10-16-17(13-15)22-12-6-11-21-16/h9-10,13-14,18H,1-8,11-12H2. The average Bonchev–Trinajstić information content (AvgIpc) is 2.74. The Balaban J connectivity index is 1.74. The third-order valence-corrected chi connectivity index (χ3v) is 5.97. The fourth-order valence-corrected chi connectivity index (χ4v) is 4.49. The van der Waals surface area contributed by atoms with E-state index in [1.165, 1.54) is 19.3 Å². The summed E-state index contributed by atoms with van der Waals surface area (Å²) in [4.78, 5) is 0.254. The van der Waals surface area contributed by atoms with E-state index in [1.54, 1.807) is 18.2 Å². The van der Waals surface area contributed by atoms with Crippen molar-refractivity contribution in [3.63, 3.8) is 0 Å². The molecule has 1 fully saturated rings. The maximum Gasteiger partial charge on any atom is 0.240 e. The highest BCUT2D eigenvalue weighted by atomic mass is 32.2. The zero-order valence-electron chi connectivity index (χ0n) is 13.4. The van der Waals surface area contributed by atoms with E-state index in [1.807, 2.05) is 0 Å². The number of hydrogen-bond acceptors (Lipinski definition) is 4. The van der Waals surface area contributed by atoms with Crippen LogP contribution in [0.2, 0.25) is 0 Å². The first-order chi connectivity index (χ1) is 11.1. The lowest BCUT2D eigenvalue weighted by atomic mass is 9.97. The fourth-order valence-electron chi connectivity index (χ4n) is 3.17. The summed E-state index contributed by atoms with van der Waals surface area (Å²) >= 11 is 0. The summed E-state index contributed by atoms with van der Waals surface area (Å²) in [5, 5.41) is 0. The van der Waals surface area contributed by atoms with Crippen molar-refractivity contribution in [1.82, 2.24) is 4.72 Å². The molecule has 3 rings (SSSR count). The first-order valence-corrected chi connectivity index (χ1v) is 10.1. The molecule has 0 aromatic heterocycles. The van der Waals surface area contributed by atoms with Crippen LogP contribution in [-0.4, -0.2) is 27.7 Å². The minimum Gasteiger partial charge on any atom is -0.490 e. The smallest absolute Gasteiger partial charge is 0.240 e. The van der Waals surface area contributed by atoms with Gasteiger partial charge in [0.05, 0.1) is 18.1 Å². The predicted octanol–water partition coefficient (Wildman–Crippen LogP) is 3.24. The Morgan fingerprint density at radius 3 is 2.26 bits per heavy atom. The van der Waals surface area contributed by atoms with Gasteiger partial charge < -0.3 is 9.47 Å². The molecule has 1 heterocycles. The Kier molecular flexibility index (Phi) is 5.43. The Bertz CT molecular complexity index is 621. The van der Waals surface area contributed by atoms with E-state index in [4.69, 9.17) is 9.47 Å². The number of ether oxygens (including phenoxy) is 2. The lowest BCUT2D eigenvalue weighted by Gasteiger charge is -2.21. The van der Waals surface area contributed by atoms with E-state index in [-0.39, 0.29) is 10.9 Å². The molecular weight excluding hydrogens is 314 g/mol. The molecule has 5 nitrogen and oxygen atoms in total. The molecule has 0 radical (unpaired) electrons. The molecule has 1 aromatic rings. The molecule has 1 aromatic carbocycles. The first kappa shape index (κ1) is 16.6. The number of nitrogens with one attached hydrogen (secondary N) is 1. The van der Waals surface area contributed by atoms with Gasteiger partial charge in [-0.2, -0.15) is 0 Å². The van der Waals surface area contributed by atoms with Crippen molar-refractivity contribution in [2.75, 3.05) is 13.2 Å². The summed E-state index contributed by atoms with van der Waals surface area (Å²) < 4.78 is 39.4. The summed E-state index contributed by atoms with van der Waals surface area (Å²) in [6.45, 7) is 1.14. The number of fused-ring (bicyclic) bond motifs is 1. The van der Waals surface area contributed by atoms with Crippen LogP contribution in [0.15, 0.2) is 23.1 Å². The molecule has 0 amide bonds. The maximum absolute atomic E-state index is 12.7. The molecule has 1 saturated carbocycles. The van der Waals surface area contributed by atoms with Crippen molar-refractivity contribution in [1.29, 1.82) is 0 Å². The van der Waals surface area contributed by atoms with Gasteiger partial charge >= 0.3 is 0 Å². The SMILES string of the molecule is O=S(=O)(NC1CCCCCCC1)c1ccc2c(c1)OCCCO2. The maximum atomic E-state index is 12.7. The van der Waals surface area contributed by atoms with Crippen LogP contribution in [-0.2, 0) is 10.0 Å². The summed E-state index contributed by atoms with van der Waals surface area (Å²) in [6.07, 6.45) is 8.49. The number of sulfonamides is 1. The predicted molar refractivity (Wildman–Crippen MR) is 88.5 cm³/mol. The van der Waals surface area contributed by atoms with Gasteiger partial charge in [0.25, 0.3) is 0 Å². The van der Waals surface area contributed by atoms with Crippen LogP contribution in [0.4, 0.5) is 0 Å². The van der Waals surface area contributed by atoms with Gasteiger partial charge in [-0.15, -0.1) is 0 Å². The monoisotopic (exact) mass is 339 g/mol. The molecule has 128 valence electrons. The molecule has 0 unspecified atom stereocenters. The molecule has 0 atom stereocenters. The van der Waals surface area contributed by atoms with Crippen LogP contribution in [0.3, 0.4) is 0 Å². The fraction of sp³-hybridized carbons (Fsp3) is 0.647. The van der Waals surface area contributed by atoms with Crippen LogP contribution in [0.25, 0.3) is 0 Å². The molecule has 2 aliphatic rings. The van der Waals surface area contributed by atoms with Gasteiger partial charge in [0.1, 0.15) is 0 Å². The molecule has 0 saturated heterocycles. The van der Waals surface area contributed by atoms with E-state index in [0.717, 1.165) is 32.1 Å². The minimum atomic E-state index is -3.52. The molecule has 23 heavy (non-hydrogen) atoms. The van der Waals surface area contributed by atoms with Gasteiger partial charge in [-0.1, -0.05) is 32.1 Å². The van der Waals surface area contributed by atoms with Gasteiger partial charge in [-0.3, -0.25) is 0 Å². The molecule has 6 heteroatoms. The van der Waals surface area contributed by atoms with Crippen LogP contribution < -0.4 is 14.2 Å². The van der Waals surface area contributed by atoms with Crippen molar-refractivity contribution < 1.29 is 17.9 Å². The lowest BCUT2D eigenvalue weighted by molar-refractivity contribution is 0.297. The van der Waals surface area contributed by atoms with E-state index in [2.05, 4.69) is 4.72 Å². The zero-order chi connectivity index (χ0) is 16.1. The van der Waals surface area contributed by atoms with Gasteiger partial charge in [0, 0.05) is 18.5 Å². The third-order valence-electron chi connectivity index (χ3n) is 4.46. The van der Waals surface area contributed by atoms with Crippen molar-refractivity contribution in [3.05, 3.63) is 18.2 Å². The van der Waals surface area contributed by atoms with Crippen LogP contribution in [0.1, 0.15) is 51.4 Å². The second kappa shape index (κ2) is 7.53. The van der Waals surface area contributed by atoms with Gasteiger partial charge in [-0.25, -0.2) is 13.1 Å². The second-order valence-corrected chi connectivity index (χ2v) is 8.04. The summed E-state index contributed by atoms with van der Waals surface area (Å²) in [6, 6.07) is 4.90. The third kappa shape index (κ3) is 4.38. The zero-order valence-corrected chi connectivity index (χ0v) is 14.2. The van der Waals surface area contributed by atoms with Crippen molar-refractivity contribution in [2.24, 2.45) is 0 Å². The molecular formula is C17H25NO4S. The van der Waals surface area contributed by atoms with Gasteiger partial charge in [0.2, 0.25) is 10.0 Å².